The first-order chi connectivity index (χ1) is 11.6. The largest absolute Gasteiger partial charge is 0.368 e. The number of carbonyl (C=O) groups is 1. The Labute approximate surface area is 149 Å². The topological polar surface area (TPSA) is 28.5 Å². The van der Waals surface area contributed by atoms with Crippen LogP contribution < -0.4 is 4.90 Å². The van der Waals surface area contributed by atoms with Crippen LogP contribution in [0.15, 0.2) is 42.5 Å². The molecule has 4 rings (SSSR count). The zero-order valence-corrected chi connectivity index (χ0v) is 15.0. The molecule has 1 amide bonds. The first-order valence-corrected chi connectivity index (χ1v) is 9.17. The van der Waals surface area contributed by atoms with Crippen LogP contribution in [-0.2, 0) is 7.05 Å². The van der Waals surface area contributed by atoms with Crippen molar-refractivity contribution in [3.05, 3.63) is 52.5 Å². The number of thiophene rings is 1. The van der Waals surface area contributed by atoms with Gasteiger partial charge in [-0.2, -0.15) is 0 Å². The van der Waals surface area contributed by atoms with E-state index >= 15 is 0 Å². The van der Waals surface area contributed by atoms with Gasteiger partial charge in [-0.1, -0.05) is 29.8 Å². The summed E-state index contributed by atoms with van der Waals surface area (Å²) in [5.41, 5.74) is 2.98. The van der Waals surface area contributed by atoms with Crippen LogP contribution >= 0.6 is 22.9 Å². The monoisotopic (exact) mass is 359 g/mol. The molecule has 4 nitrogen and oxygen atoms in total. The van der Waals surface area contributed by atoms with Gasteiger partial charge in [0.05, 0.1) is 14.6 Å². The summed E-state index contributed by atoms with van der Waals surface area (Å²) in [4.78, 5) is 17.1. The standard InChI is InChI=1S/C18H18ClN3OS/c1-20-14-12-17(19)24-16(14)11-15(20)18(23)22-9-7-21(8-10-22)13-5-3-2-4-6-13/h2-6,11-12H,7-10H2,1H3. The maximum atomic E-state index is 12.9. The van der Waals surface area contributed by atoms with Gasteiger partial charge in [0.25, 0.3) is 5.91 Å². The third-order valence-electron chi connectivity index (χ3n) is 4.61. The second-order valence-electron chi connectivity index (χ2n) is 6.00. The van der Waals surface area contributed by atoms with Crippen LogP contribution in [-0.4, -0.2) is 41.6 Å². The van der Waals surface area contributed by atoms with E-state index in [0.29, 0.717) is 0 Å². The number of carbonyl (C=O) groups excluding carboxylic acids is 1. The van der Waals surface area contributed by atoms with Crippen LogP contribution in [0.3, 0.4) is 0 Å². The Balaban J connectivity index is 1.49. The summed E-state index contributed by atoms with van der Waals surface area (Å²) >= 11 is 7.57. The Hall–Kier alpha value is -1.98. The summed E-state index contributed by atoms with van der Waals surface area (Å²) in [5, 5.41) is 0. The van der Waals surface area contributed by atoms with Crippen molar-refractivity contribution in [3.8, 4) is 0 Å². The van der Waals surface area contributed by atoms with Gasteiger partial charge in [-0.15, -0.1) is 11.3 Å². The molecule has 1 saturated heterocycles. The molecule has 1 aliphatic rings. The Kier molecular flexibility index (Phi) is 3.98. The number of rotatable bonds is 2. The summed E-state index contributed by atoms with van der Waals surface area (Å²) in [7, 11) is 1.93. The van der Waals surface area contributed by atoms with Crippen molar-refractivity contribution in [2.24, 2.45) is 7.05 Å². The quantitative estimate of drug-likeness (QED) is 0.695. The first kappa shape index (κ1) is 15.5. The molecule has 24 heavy (non-hydrogen) atoms. The van der Waals surface area contributed by atoms with E-state index in [1.165, 1.54) is 17.0 Å². The zero-order valence-electron chi connectivity index (χ0n) is 13.4. The minimum absolute atomic E-state index is 0.102. The lowest BCUT2D eigenvalue weighted by Gasteiger charge is -2.36. The van der Waals surface area contributed by atoms with E-state index in [4.69, 9.17) is 11.6 Å². The molecule has 0 aliphatic carbocycles. The van der Waals surface area contributed by atoms with Crippen LogP contribution in [0, 0.1) is 0 Å². The van der Waals surface area contributed by atoms with E-state index < -0.39 is 0 Å². The molecule has 0 spiro atoms. The van der Waals surface area contributed by atoms with Gasteiger partial charge in [0.2, 0.25) is 0 Å². The molecule has 3 heterocycles. The molecular weight excluding hydrogens is 342 g/mol. The fourth-order valence-electron chi connectivity index (χ4n) is 3.26. The molecule has 1 aliphatic heterocycles. The molecule has 0 bridgehead atoms. The highest BCUT2D eigenvalue weighted by Crippen LogP contribution is 2.32. The van der Waals surface area contributed by atoms with Crippen molar-refractivity contribution < 1.29 is 4.79 Å². The molecular formula is C18H18ClN3OS. The summed E-state index contributed by atoms with van der Waals surface area (Å²) in [6.07, 6.45) is 0. The summed E-state index contributed by atoms with van der Waals surface area (Å²) in [5.74, 6) is 0.102. The average molecular weight is 360 g/mol. The average Bonchev–Trinajstić information content (AvgIpc) is 3.13. The van der Waals surface area contributed by atoms with Crippen molar-refractivity contribution in [1.82, 2.24) is 9.47 Å². The molecule has 0 N–H and O–H groups in total. The Morgan fingerprint density at radius 1 is 1.08 bits per heavy atom. The van der Waals surface area contributed by atoms with Gasteiger partial charge in [-0.05, 0) is 24.3 Å². The zero-order chi connectivity index (χ0) is 16.7. The molecule has 3 aromatic rings. The van der Waals surface area contributed by atoms with Crippen LogP contribution in [0.2, 0.25) is 4.34 Å². The summed E-state index contributed by atoms with van der Waals surface area (Å²) in [6, 6.07) is 14.2. The van der Waals surface area contributed by atoms with Gasteiger partial charge < -0.3 is 14.4 Å². The van der Waals surface area contributed by atoms with Crippen LogP contribution in [0.4, 0.5) is 5.69 Å². The van der Waals surface area contributed by atoms with E-state index in [1.807, 2.05) is 34.7 Å². The van der Waals surface area contributed by atoms with Crippen molar-refractivity contribution in [1.29, 1.82) is 0 Å². The number of halogens is 1. The van der Waals surface area contributed by atoms with E-state index in [1.54, 1.807) is 0 Å². The number of anilines is 1. The second-order valence-corrected chi connectivity index (χ2v) is 7.72. The number of benzene rings is 1. The van der Waals surface area contributed by atoms with Gasteiger partial charge in [0.1, 0.15) is 5.69 Å². The van der Waals surface area contributed by atoms with Gasteiger partial charge in [0, 0.05) is 38.9 Å². The third kappa shape index (κ3) is 2.68. The Bertz CT molecular complexity index is 878. The lowest BCUT2D eigenvalue weighted by molar-refractivity contribution is 0.0737. The van der Waals surface area contributed by atoms with Crippen molar-refractivity contribution in [2.45, 2.75) is 0 Å². The molecule has 0 saturated carbocycles. The Morgan fingerprint density at radius 3 is 2.46 bits per heavy atom. The van der Waals surface area contributed by atoms with E-state index in [2.05, 4.69) is 29.2 Å². The summed E-state index contributed by atoms with van der Waals surface area (Å²) < 4.78 is 3.77. The number of para-hydroxylation sites is 1. The second kappa shape index (κ2) is 6.15. The van der Waals surface area contributed by atoms with Crippen molar-refractivity contribution >= 4 is 44.7 Å². The maximum absolute atomic E-state index is 12.9. The third-order valence-corrected chi connectivity index (χ3v) is 5.81. The lowest BCUT2D eigenvalue weighted by atomic mass is 10.2. The van der Waals surface area contributed by atoms with Gasteiger partial charge >= 0.3 is 0 Å². The smallest absolute Gasteiger partial charge is 0.270 e. The van der Waals surface area contributed by atoms with E-state index in [0.717, 1.165) is 46.4 Å². The number of aromatic nitrogens is 1. The molecule has 0 unspecified atom stereocenters. The number of amides is 1. The van der Waals surface area contributed by atoms with Crippen LogP contribution in [0.25, 0.3) is 10.2 Å². The highest BCUT2D eigenvalue weighted by molar-refractivity contribution is 7.22. The number of hydrogen-bond acceptors (Lipinski definition) is 3. The number of hydrogen-bond donors (Lipinski definition) is 0. The van der Waals surface area contributed by atoms with Gasteiger partial charge in [-0.25, -0.2) is 0 Å². The molecule has 6 heteroatoms. The minimum Gasteiger partial charge on any atom is -0.368 e. The van der Waals surface area contributed by atoms with Crippen LogP contribution in [0.5, 0.6) is 0 Å². The normalized spacial score (nSPS) is 15.2. The number of aryl methyl sites for hydroxylation is 1. The highest BCUT2D eigenvalue weighted by Gasteiger charge is 2.25. The molecule has 1 fully saturated rings. The first-order valence-electron chi connectivity index (χ1n) is 7.97. The fraction of sp³-hybridized carbons (Fsp3) is 0.278. The fourth-order valence-corrected chi connectivity index (χ4v) is 4.46. The van der Waals surface area contributed by atoms with E-state index in [-0.39, 0.29) is 5.91 Å². The maximum Gasteiger partial charge on any atom is 0.270 e. The van der Waals surface area contributed by atoms with E-state index in [9.17, 15) is 4.79 Å². The minimum atomic E-state index is 0.102. The molecule has 0 atom stereocenters. The number of fused-ring (bicyclic) bond motifs is 1. The lowest BCUT2D eigenvalue weighted by Crippen LogP contribution is -2.49. The molecule has 124 valence electrons. The SMILES string of the molecule is Cn1c(C(=O)N2CCN(c3ccccc3)CC2)cc2sc(Cl)cc21. The highest BCUT2D eigenvalue weighted by atomic mass is 35.5. The predicted octanol–water partition coefficient (Wildman–Crippen LogP) is 3.86. The molecule has 1 aromatic carbocycles. The van der Waals surface area contributed by atoms with Gasteiger partial charge in [-0.3, -0.25) is 4.79 Å². The molecule has 2 aromatic heterocycles. The van der Waals surface area contributed by atoms with Crippen LogP contribution in [0.1, 0.15) is 10.5 Å². The van der Waals surface area contributed by atoms with Crippen molar-refractivity contribution in [2.75, 3.05) is 31.1 Å². The number of piperazine rings is 1. The number of nitrogens with zero attached hydrogens (tertiary/aromatic N) is 3. The molecule has 0 radical (unpaired) electrons. The van der Waals surface area contributed by atoms with Gasteiger partial charge in [0.15, 0.2) is 0 Å². The predicted molar refractivity (Wildman–Crippen MR) is 100 cm³/mol. The summed E-state index contributed by atoms with van der Waals surface area (Å²) in [6.45, 7) is 3.21. The van der Waals surface area contributed by atoms with Crippen molar-refractivity contribution in [3.63, 3.8) is 0 Å². The Morgan fingerprint density at radius 2 is 1.79 bits per heavy atom.